The van der Waals surface area contributed by atoms with E-state index in [1.54, 1.807) is 43.2 Å². The highest BCUT2D eigenvalue weighted by atomic mass is 35.5. The van der Waals surface area contributed by atoms with E-state index in [4.69, 9.17) is 16.3 Å². The van der Waals surface area contributed by atoms with Crippen molar-refractivity contribution in [1.82, 2.24) is 9.88 Å². The predicted molar refractivity (Wildman–Crippen MR) is 135 cm³/mol. The van der Waals surface area contributed by atoms with Gasteiger partial charge in [-0.25, -0.2) is 13.4 Å². The smallest absolute Gasteiger partial charge is 0.260 e. The molecule has 2 aromatic carbocycles. The predicted octanol–water partition coefficient (Wildman–Crippen LogP) is 4.74. The third-order valence-corrected chi connectivity index (χ3v) is 8.77. The molecular formula is C23H28ClN3O4S2. The van der Waals surface area contributed by atoms with Crippen molar-refractivity contribution in [3.8, 4) is 5.75 Å². The number of benzene rings is 2. The molecule has 7 nitrogen and oxygen atoms in total. The van der Waals surface area contributed by atoms with Gasteiger partial charge in [0.15, 0.2) is 15.0 Å². The maximum atomic E-state index is 13.6. The third-order valence-electron chi connectivity index (χ3n) is 5.50. The summed E-state index contributed by atoms with van der Waals surface area (Å²) in [6, 6.07) is 9.66. The second-order valence-corrected chi connectivity index (χ2v) is 11.0. The van der Waals surface area contributed by atoms with E-state index in [1.165, 1.54) is 23.5 Å². The molecule has 10 heteroatoms. The molecule has 0 aliphatic rings. The topological polar surface area (TPSA) is 79.8 Å². The number of nitrogens with zero attached hydrogens (tertiary/aromatic N) is 3. The fourth-order valence-electron chi connectivity index (χ4n) is 3.43. The number of halogens is 1. The third kappa shape index (κ3) is 5.48. The van der Waals surface area contributed by atoms with Gasteiger partial charge in [-0.05, 0) is 43.4 Å². The first kappa shape index (κ1) is 25.4. The molecule has 1 amide bonds. The first-order valence-electron chi connectivity index (χ1n) is 10.8. The zero-order chi connectivity index (χ0) is 24.2. The summed E-state index contributed by atoms with van der Waals surface area (Å²) in [6.07, 6.45) is 0. The number of thiazole rings is 1. The molecule has 0 radical (unpaired) electrons. The van der Waals surface area contributed by atoms with Crippen LogP contribution in [0.5, 0.6) is 5.75 Å². The first-order valence-corrected chi connectivity index (χ1v) is 13.6. The number of sulfone groups is 1. The summed E-state index contributed by atoms with van der Waals surface area (Å²) in [5, 5.41) is 1.01. The lowest BCUT2D eigenvalue weighted by molar-refractivity contribution is 0.0983. The fraction of sp³-hybridized carbons (Fsp3) is 0.391. The molecule has 0 fully saturated rings. The van der Waals surface area contributed by atoms with E-state index in [1.807, 2.05) is 0 Å². The van der Waals surface area contributed by atoms with Crippen LogP contribution < -0.4 is 9.64 Å². The van der Waals surface area contributed by atoms with Gasteiger partial charge >= 0.3 is 0 Å². The lowest BCUT2D eigenvalue weighted by Gasteiger charge is -2.25. The van der Waals surface area contributed by atoms with Crippen molar-refractivity contribution in [3.05, 3.63) is 47.0 Å². The van der Waals surface area contributed by atoms with Crippen molar-refractivity contribution >= 4 is 54.0 Å². The molecule has 0 spiro atoms. The number of anilines is 1. The van der Waals surface area contributed by atoms with Crippen molar-refractivity contribution in [1.29, 1.82) is 0 Å². The molecule has 33 heavy (non-hydrogen) atoms. The maximum absolute atomic E-state index is 13.6. The van der Waals surface area contributed by atoms with Gasteiger partial charge in [-0.1, -0.05) is 49.8 Å². The number of hydrogen-bond donors (Lipinski definition) is 0. The number of carbonyl (C=O) groups is 1. The van der Waals surface area contributed by atoms with Gasteiger partial charge in [0.25, 0.3) is 5.91 Å². The Morgan fingerprint density at radius 3 is 2.48 bits per heavy atom. The number of rotatable bonds is 10. The first-order chi connectivity index (χ1) is 15.7. The number of amides is 1. The number of aromatic nitrogens is 1. The second-order valence-electron chi connectivity index (χ2n) is 7.34. The van der Waals surface area contributed by atoms with Crippen molar-refractivity contribution < 1.29 is 17.9 Å². The Morgan fingerprint density at radius 1 is 1.12 bits per heavy atom. The van der Waals surface area contributed by atoms with Crippen LogP contribution in [0.3, 0.4) is 0 Å². The summed E-state index contributed by atoms with van der Waals surface area (Å²) >= 11 is 7.71. The lowest BCUT2D eigenvalue weighted by Crippen LogP contribution is -2.39. The average molecular weight is 510 g/mol. The van der Waals surface area contributed by atoms with Gasteiger partial charge in [0.05, 0.1) is 27.5 Å². The zero-order valence-corrected chi connectivity index (χ0v) is 21.6. The Kier molecular flexibility index (Phi) is 8.33. The van der Waals surface area contributed by atoms with Crippen molar-refractivity contribution in [3.63, 3.8) is 0 Å². The number of ether oxygens (including phenoxy) is 1. The van der Waals surface area contributed by atoms with E-state index in [9.17, 15) is 13.2 Å². The maximum Gasteiger partial charge on any atom is 0.260 e. The number of methoxy groups -OCH3 is 1. The van der Waals surface area contributed by atoms with Gasteiger partial charge in [0, 0.05) is 18.7 Å². The highest BCUT2D eigenvalue weighted by molar-refractivity contribution is 7.91. The van der Waals surface area contributed by atoms with Crippen LogP contribution in [0.4, 0.5) is 5.13 Å². The largest absolute Gasteiger partial charge is 0.494 e. The van der Waals surface area contributed by atoms with Gasteiger partial charge in [-0.15, -0.1) is 0 Å². The number of likely N-dealkylation sites (N-methyl/N-ethyl adjacent to an activating group) is 1. The normalized spacial score (nSPS) is 11.8. The minimum absolute atomic E-state index is 0.0352. The van der Waals surface area contributed by atoms with Crippen molar-refractivity contribution in [2.24, 2.45) is 0 Å². The zero-order valence-electron chi connectivity index (χ0n) is 19.2. The molecule has 1 heterocycles. The van der Waals surface area contributed by atoms with Crippen LogP contribution in [0.25, 0.3) is 10.2 Å². The average Bonchev–Trinajstić information content (AvgIpc) is 3.28. The molecule has 3 aromatic rings. The summed E-state index contributed by atoms with van der Waals surface area (Å²) in [5.74, 6) is 0.223. The van der Waals surface area contributed by atoms with E-state index in [0.717, 1.165) is 17.8 Å². The Labute approximate surface area is 203 Å². The van der Waals surface area contributed by atoms with E-state index in [-0.39, 0.29) is 16.6 Å². The second kappa shape index (κ2) is 10.8. The van der Waals surface area contributed by atoms with Crippen LogP contribution in [0.1, 0.15) is 31.1 Å². The summed E-state index contributed by atoms with van der Waals surface area (Å²) in [4.78, 5) is 22.3. The lowest BCUT2D eigenvalue weighted by atomic mass is 10.2. The Morgan fingerprint density at radius 2 is 1.85 bits per heavy atom. The van der Waals surface area contributed by atoms with E-state index >= 15 is 0 Å². The molecule has 0 atom stereocenters. The molecule has 0 bridgehead atoms. The molecule has 3 rings (SSSR count). The van der Waals surface area contributed by atoms with Crippen LogP contribution >= 0.6 is 22.9 Å². The highest BCUT2D eigenvalue weighted by Gasteiger charge is 2.25. The summed E-state index contributed by atoms with van der Waals surface area (Å²) < 4.78 is 30.9. The molecular weight excluding hydrogens is 482 g/mol. The standard InChI is InChI=1S/C23H28ClN3O4S2/c1-5-26(6-2)13-14-27(22(28)16-9-8-10-17(15-16)33(29,30)7-3)23-25-20-19(31-4)12-11-18(24)21(20)32-23/h8-12,15H,5-7,13-14H2,1-4H3. The van der Waals surface area contributed by atoms with Crippen molar-refractivity contribution in [2.45, 2.75) is 25.7 Å². The molecule has 0 saturated heterocycles. The SMILES string of the molecule is CCN(CC)CCN(C(=O)c1cccc(S(=O)(=O)CC)c1)c1nc2c(OC)ccc(Cl)c2s1. The minimum atomic E-state index is -3.44. The Balaban J connectivity index is 2.07. The van der Waals surface area contributed by atoms with Gasteiger partial charge in [-0.3, -0.25) is 9.69 Å². The molecule has 0 N–H and O–H groups in total. The molecule has 178 valence electrons. The quantitative estimate of drug-likeness (QED) is 0.392. The molecule has 1 aromatic heterocycles. The monoisotopic (exact) mass is 509 g/mol. The van der Waals surface area contributed by atoms with E-state index in [2.05, 4.69) is 23.7 Å². The minimum Gasteiger partial charge on any atom is -0.494 e. The van der Waals surface area contributed by atoms with Crippen LogP contribution in [0, 0.1) is 0 Å². The number of carbonyl (C=O) groups excluding carboxylic acids is 1. The van der Waals surface area contributed by atoms with Gasteiger partial charge < -0.3 is 9.64 Å². The van der Waals surface area contributed by atoms with Crippen LogP contribution in [-0.2, 0) is 9.84 Å². The van der Waals surface area contributed by atoms with E-state index < -0.39 is 9.84 Å². The van der Waals surface area contributed by atoms with Gasteiger partial charge in [-0.2, -0.15) is 0 Å². The molecule has 0 aliphatic carbocycles. The van der Waals surface area contributed by atoms with E-state index in [0.29, 0.717) is 40.1 Å². The number of fused-ring (bicyclic) bond motifs is 1. The number of hydrogen-bond acceptors (Lipinski definition) is 7. The van der Waals surface area contributed by atoms with Crippen LogP contribution in [-0.4, -0.2) is 63.3 Å². The summed E-state index contributed by atoms with van der Waals surface area (Å²) in [7, 11) is -1.88. The molecule has 0 unspecified atom stereocenters. The Bertz CT molecular complexity index is 1240. The van der Waals surface area contributed by atoms with Crippen LogP contribution in [0.15, 0.2) is 41.3 Å². The summed E-state index contributed by atoms with van der Waals surface area (Å²) in [6.45, 7) is 8.45. The van der Waals surface area contributed by atoms with Gasteiger partial charge in [0.2, 0.25) is 0 Å². The van der Waals surface area contributed by atoms with Crippen LogP contribution in [0.2, 0.25) is 5.02 Å². The fourth-order valence-corrected chi connectivity index (χ4v) is 5.64. The Hall–Kier alpha value is -2.20. The molecule has 0 aliphatic heterocycles. The molecule has 0 saturated carbocycles. The highest BCUT2D eigenvalue weighted by Crippen LogP contribution is 2.39. The summed E-state index contributed by atoms with van der Waals surface area (Å²) in [5.41, 5.74) is 0.884. The van der Waals surface area contributed by atoms with Gasteiger partial charge in [0.1, 0.15) is 11.3 Å². The van der Waals surface area contributed by atoms with Crippen molar-refractivity contribution in [2.75, 3.05) is 43.9 Å².